The van der Waals surface area contributed by atoms with Gasteiger partial charge in [0.2, 0.25) is 5.89 Å². The smallest absolute Gasteiger partial charge is 0.410 e. The zero-order valence-corrected chi connectivity index (χ0v) is 13.3. The Morgan fingerprint density at radius 1 is 1.57 bits per heavy atom. The summed E-state index contributed by atoms with van der Waals surface area (Å²) in [5.74, 6) is 1.59. The van der Waals surface area contributed by atoms with E-state index in [2.05, 4.69) is 10.3 Å². The fourth-order valence-electron chi connectivity index (χ4n) is 2.24. The number of nitrogens with one attached hydrogen (secondary N) is 1. The van der Waals surface area contributed by atoms with Gasteiger partial charge in [-0.15, -0.1) is 0 Å². The van der Waals surface area contributed by atoms with Crippen LogP contribution < -0.4 is 5.32 Å². The quantitative estimate of drug-likeness (QED) is 0.923. The van der Waals surface area contributed by atoms with E-state index in [-0.39, 0.29) is 12.1 Å². The minimum atomic E-state index is -0.447. The Bertz CT molecular complexity index is 479. The van der Waals surface area contributed by atoms with E-state index in [0.29, 0.717) is 19.0 Å². The van der Waals surface area contributed by atoms with Gasteiger partial charge >= 0.3 is 6.09 Å². The van der Waals surface area contributed by atoms with Gasteiger partial charge in [0.25, 0.3) is 0 Å². The molecule has 0 spiro atoms. The van der Waals surface area contributed by atoms with Crippen LogP contribution in [-0.2, 0) is 17.7 Å². The highest BCUT2D eigenvalue weighted by Crippen LogP contribution is 2.15. The molecule has 6 nitrogen and oxygen atoms in total. The van der Waals surface area contributed by atoms with Gasteiger partial charge in [-0.05, 0) is 27.2 Å². The normalized spacial score (nSPS) is 19.0. The molecule has 1 saturated heterocycles. The van der Waals surface area contributed by atoms with Crippen molar-refractivity contribution in [3.63, 3.8) is 0 Å². The number of likely N-dealkylation sites (tertiary alicyclic amines) is 1. The van der Waals surface area contributed by atoms with E-state index in [9.17, 15) is 4.79 Å². The number of nitrogens with zero attached hydrogens (tertiary/aromatic N) is 2. The number of carbonyl (C=O) groups excluding carboxylic acids is 1. The van der Waals surface area contributed by atoms with Gasteiger partial charge in [-0.25, -0.2) is 9.78 Å². The topological polar surface area (TPSA) is 67.6 Å². The van der Waals surface area contributed by atoms with E-state index in [1.165, 1.54) is 0 Å². The molecule has 21 heavy (non-hydrogen) atoms. The van der Waals surface area contributed by atoms with Crippen LogP contribution >= 0.6 is 0 Å². The molecule has 118 valence electrons. The monoisotopic (exact) mass is 295 g/mol. The molecular formula is C15H25N3O3. The van der Waals surface area contributed by atoms with Crippen molar-refractivity contribution in [3.05, 3.63) is 17.8 Å². The number of hydrogen-bond acceptors (Lipinski definition) is 5. The lowest BCUT2D eigenvalue weighted by atomic mass is 10.2. The third kappa shape index (κ3) is 4.74. The lowest BCUT2D eigenvalue weighted by molar-refractivity contribution is 0.0291. The molecule has 1 N–H and O–H groups in total. The van der Waals surface area contributed by atoms with Crippen LogP contribution in [0.25, 0.3) is 0 Å². The van der Waals surface area contributed by atoms with Gasteiger partial charge in [0.15, 0.2) is 0 Å². The summed E-state index contributed by atoms with van der Waals surface area (Å²) in [5.41, 5.74) is -0.447. The van der Waals surface area contributed by atoms with E-state index in [1.54, 1.807) is 11.1 Å². The van der Waals surface area contributed by atoms with Crippen LogP contribution in [0, 0.1) is 0 Å². The highest BCUT2D eigenvalue weighted by Gasteiger charge is 2.29. The van der Waals surface area contributed by atoms with E-state index in [1.807, 2.05) is 27.7 Å². The number of carbonyl (C=O) groups is 1. The van der Waals surface area contributed by atoms with Gasteiger partial charge in [-0.2, -0.15) is 0 Å². The predicted octanol–water partition coefficient (Wildman–Crippen LogP) is 2.34. The molecule has 6 heteroatoms. The third-order valence-electron chi connectivity index (χ3n) is 3.33. The number of hydrogen-bond donors (Lipinski definition) is 1. The number of ether oxygens (including phenoxy) is 1. The minimum Gasteiger partial charge on any atom is -0.444 e. The first-order valence-corrected chi connectivity index (χ1v) is 7.52. The van der Waals surface area contributed by atoms with Gasteiger partial charge in [0.1, 0.15) is 11.4 Å². The van der Waals surface area contributed by atoms with Crippen LogP contribution in [-0.4, -0.2) is 40.7 Å². The molecule has 1 aliphatic heterocycles. The molecule has 0 bridgehead atoms. The molecule has 0 radical (unpaired) electrons. The van der Waals surface area contributed by atoms with Crippen LogP contribution in [0.5, 0.6) is 0 Å². The summed E-state index contributed by atoms with van der Waals surface area (Å²) in [6.07, 6.45) is 3.29. The predicted molar refractivity (Wildman–Crippen MR) is 78.9 cm³/mol. The second-order valence-electron chi connectivity index (χ2n) is 6.37. The SMILES string of the molecule is CCc1cnc(CNC2CCN(C(=O)OC(C)(C)C)C2)o1. The van der Waals surface area contributed by atoms with E-state index < -0.39 is 5.60 Å². The fraction of sp³-hybridized carbons (Fsp3) is 0.733. The highest BCUT2D eigenvalue weighted by atomic mass is 16.6. The Labute approximate surface area is 125 Å². The number of aryl methyl sites for hydroxylation is 1. The van der Waals surface area contributed by atoms with Crippen molar-refractivity contribution in [3.8, 4) is 0 Å². The van der Waals surface area contributed by atoms with E-state index in [4.69, 9.17) is 9.15 Å². The standard InChI is InChI=1S/C15H25N3O3/c1-5-12-8-17-13(20-12)9-16-11-6-7-18(10-11)14(19)21-15(2,3)4/h8,11,16H,5-7,9-10H2,1-4H3. The molecule has 1 aromatic rings. The Morgan fingerprint density at radius 2 is 2.33 bits per heavy atom. The summed E-state index contributed by atoms with van der Waals surface area (Å²) >= 11 is 0. The van der Waals surface area contributed by atoms with Crippen molar-refractivity contribution >= 4 is 6.09 Å². The molecule has 1 aliphatic rings. The average molecular weight is 295 g/mol. The Morgan fingerprint density at radius 3 is 2.95 bits per heavy atom. The van der Waals surface area contributed by atoms with Gasteiger partial charge < -0.3 is 19.4 Å². The van der Waals surface area contributed by atoms with Crippen molar-refractivity contribution in [1.82, 2.24) is 15.2 Å². The lowest BCUT2D eigenvalue weighted by Crippen LogP contribution is -2.38. The molecule has 0 aromatic carbocycles. The number of oxazole rings is 1. The maximum Gasteiger partial charge on any atom is 0.410 e. The highest BCUT2D eigenvalue weighted by molar-refractivity contribution is 5.68. The second kappa shape index (κ2) is 6.47. The summed E-state index contributed by atoms with van der Waals surface area (Å²) in [5, 5.41) is 3.38. The zero-order valence-electron chi connectivity index (χ0n) is 13.3. The first-order valence-electron chi connectivity index (χ1n) is 7.52. The zero-order chi connectivity index (χ0) is 15.5. The van der Waals surface area contributed by atoms with Crippen LogP contribution in [0.3, 0.4) is 0 Å². The van der Waals surface area contributed by atoms with Gasteiger partial charge in [0.05, 0.1) is 12.7 Å². The Balaban J connectivity index is 1.76. The molecule has 0 aliphatic carbocycles. The lowest BCUT2D eigenvalue weighted by Gasteiger charge is -2.24. The first kappa shape index (κ1) is 15.8. The van der Waals surface area contributed by atoms with Crippen LogP contribution in [0.4, 0.5) is 4.79 Å². The Hall–Kier alpha value is -1.56. The summed E-state index contributed by atoms with van der Waals surface area (Å²) in [7, 11) is 0. The van der Waals surface area contributed by atoms with Gasteiger partial charge in [0, 0.05) is 25.6 Å². The number of rotatable bonds is 4. The van der Waals surface area contributed by atoms with Crippen molar-refractivity contribution in [2.45, 2.75) is 58.7 Å². The maximum atomic E-state index is 12.0. The van der Waals surface area contributed by atoms with Crippen LogP contribution in [0.15, 0.2) is 10.6 Å². The van der Waals surface area contributed by atoms with Crippen molar-refractivity contribution in [2.75, 3.05) is 13.1 Å². The largest absolute Gasteiger partial charge is 0.444 e. The van der Waals surface area contributed by atoms with E-state index in [0.717, 1.165) is 25.1 Å². The molecular weight excluding hydrogens is 270 g/mol. The van der Waals surface area contributed by atoms with Gasteiger partial charge in [-0.3, -0.25) is 0 Å². The van der Waals surface area contributed by atoms with Crippen LogP contribution in [0.1, 0.15) is 45.8 Å². The Kier molecular flexibility index (Phi) is 4.88. The van der Waals surface area contributed by atoms with Crippen molar-refractivity contribution in [1.29, 1.82) is 0 Å². The summed E-state index contributed by atoms with van der Waals surface area (Å²) < 4.78 is 10.9. The summed E-state index contributed by atoms with van der Waals surface area (Å²) in [6.45, 7) is 9.65. The molecule has 0 saturated carbocycles. The molecule has 1 aromatic heterocycles. The van der Waals surface area contributed by atoms with E-state index >= 15 is 0 Å². The average Bonchev–Trinajstić information content (AvgIpc) is 3.03. The second-order valence-corrected chi connectivity index (χ2v) is 6.37. The fourth-order valence-corrected chi connectivity index (χ4v) is 2.24. The molecule has 1 unspecified atom stereocenters. The molecule has 1 amide bonds. The third-order valence-corrected chi connectivity index (χ3v) is 3.33. The number of aromatic nitrogens is 1. The minimum absolute atomic E-state index is 0.240. The van der Waals surface area contributed by atoms with Crippen molar-refractivity contribution < 1.29 is 13.9 Å². The van der Waals surface area contributed by atoms with Crippen molar-refractivity contribution in [2.24, 2.45) is 0 Å². The number of amides is 1. The maximum absolute atomic E-state index is 12.0. The van der Waals surface area contributed by atoms with Gasteiger partial charge in [-0.1, -0.05) is 6.92 Å². The molecule has 1 fully saturated rings. The summed E-state index contributed by atoms with van der Waals surface area (Å²) in [4.78, 5) is 17.9. The van der Waals surface area contributed by atoms with Crippen LogP contribution in [0.2, 0.25) is 0 Å². The summed E-state index contributed by atoms with van der Waals surface area (Å²) in [6, 6.07) is 0.259. The molecule has 2 rings (SSSR count). The first-order chi connectivity index (χ1) is 9.87. The molecule has 1 atom stereocenters. The molecule has 2 heterocycles.